The predicted molar refractivity (Wildman–Crippen MR) is 142 cm³/mol. The molecule has 1 unspecified atom stereocenters. The van der Waals surface area contributed by atoms with Crippen molar-refractivity contribution >= 4 is 43.5 Å². The lowest BCUT2D eigenvalue weighted by molar-refractivity contribution is -0.140. The number of amides is 2. The van der Waals surface area contributed by atoms with Crippen LogP contribution >= 0.6 is 15.9 Å². The molecule has 35 heavy (non-hydrogen) atoms. The first-order valence-electron chi connectivity index (χ1n) is 11.3. The second-order valence-electron chi connectivity index (χ2n) is 9.24. The number of benzene rings is 2. The Kier molecular flexibility index (Phi) is 9.74. The van der Waals surface area contributed by atoms with Gasteiger partial charge in [-0.1, -0.05) is 40.2 Å². The molecule has 2 amide bonds. The maximum Gasteiger partial charge on any atom is 0.244 e. The van der Waals surface area contributed by atoms with Gasteiger partial charge in [0.2, 0.25) is 21.8 Å². The second kappa shape index (κ2) is 11.9. The average Bonchev–Trinajstić information content (AvgIpc) is 2.74. The molecule has 0 spiro atoms. The summed E-state index contributed by atoms with van der Waals surface area (Å²) < 4.78 is 33.0. The Hall–Kier alpha value is -2.59. The third-order valence-electron chi connectivity index (χ3n) is 5.02. The van der Waals surface area contributed by atoms with Crippen LogP contribution in [-0.4, -0.2) is 56.1 Å². The lowest BCUT2D eigenvalue weighted by Gasteiger charge is -2.33. The van der Waals surface area contributed by atoms with Gasteiger partial charge in [-0.3, -0.25) is 13.9 Å². The second-order valence-corrected chi connectivity index (χ2v) is 12.1. The molecule has 10 heteroatoms. The number of nitrogens with one attached hydrogen (secondary N) is 1. The zero-order valence-electron chi connectivity index (χ0n) is 21.0. The minimum Gasteiger partial charge on any atom is -0.492 e. The molecule has 0 saturated heterocycles. The summed E-state index contributed by atoms with van der Waals surface area (Å²) in [5.74, 6) is -0.495. The number of sulfonamides is 1. The molecule has 0 aromatic heterocycles. The Morgan fingerprint density at radius 2 is 1.77 bits per heavy atom. The Balaban J connectivity index is 2.45. The first-order chi connectivity index (χ1) is 16.2. The highest BCUT2D eigenvalue weighted by atomic mass is 79.9. The third-order valence-corrected chi connectivity index (χ3v) is 6.64. The number of carbonyl (C=O) groups is 2. The van der Waals surface area contributed by atoms with E-state index in [1.807, 2.05) is 45.0 Å². The van der Waals surface area contributed by atoms with E-state index in [4.69, 9.17) is 4.74 Å². The molecule has 1 atom stereocenters. The first-order valence-corrected chi connectivity index (χ1v) is 13.9. The van der Waals surface area contributed by atoms with Crippen LogP contribution in [0.2, 0.25) is 0 Å². The van der Waals surface area contributed by atoms with Gasteiger partial charge in [0.25, 0.3) is 0 Å². The normalized spacial score (nSPS) is 12.5. The van der Waals surface area contributed by atoms with Crippen LogP contribution in [0.25, 0.3) is 0 Å². The van der Waals surface area contributed by atoms with Crippen LogP contribution < -0.4 is 14.4 Å². The van der Waals surface area contributed by atoms with Crippen molar-refractivity contribution in [1.29, 1.82) is 0 Å². The van der Waals surface area contributed by atoms with E-state index in [1.54, 1.807) is 38.1 Å². The van der Waals surface area contributed by atoms with Crippen molar-refractivity contribution in [3.63, 3.8) is 0 Å². The van der Waals surface area contributed by atoms with Crippen molar-refractivity contribution in [2.45, 2.75) is 52.7 Å². The lowest BCUT2D eigenvalue weighted by atomic mass is 10.1. The Morgan fingerprint density at radius 3 is 2.34 bits per heavy atom. The summed E-state index contributed by atoms with van der Waals surface area (Å²) in [5.41, 5.74) is 0.563. The smallest absolute Gasteiger partial charge is 0.244 e. The first kappa shape index (κ1) is 28.6. The van der Waals surface area contributed by atoms with E-state index < -0.39 is 34.1 Å². The van der Waals surface area contributed by atoms with Gasteiger partial charge >= 0.3 is 0 Å². The van der Waals surface area contributed by atoms with Crippen molar-refractivity contribution in [1.82, 2.24) is 10.2 Å². The van der Waals surface area contributed by atoms with Crippen LogP contribution in [0.5, 0.6) is 5.75 Å². The van der Waals surface area contributed by atoms with Gasteiger partial charge in [-0.05, 0) is 64.4 Å². The summed E-state index contributed by atoms with van der Waals surface area (Å²) >= 11 is 3.43. The molecule has 0 heterocycles. The SMILES string of the molecule is CCOc1ccccc1N(CC(=O)N(Cc1cccc(Br)c1)C(C)C(=O)NC(C)(C)C)S(C)(=O)=O. The number of rotatable bonds is 10. The zero-order valence-corrected chi connectivity index (χ0v) is 23.4. The van der Waals surface area contributed by atoms with Crippen molar-refractivity contribution in [2.24, 2.45) is 0 Å². The Morgan fingerprint density at radius 1 is 1.11 bits per heavy atom. The number of ether oxygens (including phenoxy) is 1. The molecule has 0 radical (unpaired) electrons. The molecular formula is C25H34BrN3O5S. The third kappa shape index (κ3) is 8.54. The van der Waals surface area contributed by atoms with E-state index in [9.17, 15) is 18.0 Å². The van der Waals surface area contributed by atoms with Gasteiger partial charge in [0.1, 0.15) is 18.3 Å². The quantitative estimate of drug-likeness (QED) is 0.469. The maximum atomic E-state index is 13.6. The van der Waals surface area contributed by atoms with Crippen LogP contribution in [0.4, 0.5) is 5.69 Å². The number of hydrogen-bond acceptors (Lipinski definition) is 5. The van der Waals surface area contributed by atoms with Crippen molar-refractivity contribution in [2.75, 3.05) is 23.7 Å². The minimum absolute atomic E-state index is 0.127. The number of halogens is 1. The Bertz CT molecular complexity index is 1150. The summed E-state index contributed by atoms with van der Waals surface area (Å²) in [6.45, 7) is 8.97. The van der Waals surface area contributed by atoms with Gasteiger partial charge < -0.3 is 15.0 Å². The van der Waals surface area contributed by atoms with Gasteiger partial charge in [0, 0.05) is 16.6 Å². The van der Waals surface area contributed by atoms with Gasteiger partial charge in [0.05, 0.1) is 18.6 Å². The molecule has 0 aliphatic carbocycles. The highest BCUT2D eigenvalue weighted by Gasteiger charge is 2.32. The van der Waals surface area contributed by atoms with E-state index in [2.05, 4.69) is 21.2 Å². The van der Waals surface area contributed by atoms with Crippen LogP contribution in [0.3, 0.4) is 0 Å². The van der Waals surface area contributed by atoms with E-state index in [-0.39, 0.29) is 18.1 Å². The molecule has 8 nitrogen and oxygen atoms in total. The number of hydrogen-bond donors (Lipinski definition) is 1. The van der Waals surface area contributed by atoms with E-state index in [0.29, 0.717) is 12.4 Å². The van der Waals surface area contributed by atoms with Crippen LogP contribution in [0.15, 0.2) is 53.0 Å². The number of nitrogens with zero attached hydrogens (tertiary/aromatic N) is 2. The summed E-state index contributed by atoms with van der Waals surface area (Å²) in [4.78, 5) is 28.0. The summed E-state index contributed by atoms with van der Waals surface area (Å²) in [5, 5.41) is 2.90. The van der Waals surface area contributed by atoms with Gasteiger partial charge in [-0.15, -0.1) is 0 Å². The fourth-order valence-electron chi connectivity index (χ4n) is 3.42. The van der Waals surface area contributed by atoms with Crippen LogP contribution in [0.1, 0.15) is 40.2 Å². The largest absolute Gasteiger partial charge is 0.492 e. The maximum absolute atomic E-state index is 13.6. The molecule has 1 N–H and O–H groups in total. The van der Waals surface area contributed by atoms with Crippen molar-refractivity contribution in [3.05, 3.63) is 58.6 Å². The Labute approximate surface area is 216 Å². The molecule has 2 rings (SSSR count). The fraction of sp³-hybridized carbons (Fsp3) is 0.440. The van der Waals surface area contributed by atoms with Crippen LogP contribution in [-0.2, 0) is 26.2 Å². The van der Waals surface area contributed by atoms with Crippen molar-refractivity contribution < 1.29 is 22.7 Å². The monoisotopic (exact) mass is 567 g/mol. The highest BCUT2D eigenvalue weighted by Crippen LogP contribution is 2.30. The van der Waals surface area contributed by atoms with E-state index in [0.717, 1.165) is 20.6 Å². The molecule has 0 bridgehead atoms. The summed E-state index contributed by atoms with van der Waals surface area (Å²) in [7, 11) is -3.84. The lowest BCUT2D eigenvalue weighted by Crippen LogP contribution is -2.54. The number of para-hydroxylation sites is 2. The topological polar surface area (TPSA) is 96.0 Å². The standard InChI is InChI=1S/C25H34BrN3O5S/c1-7-34-22-14-9-8-13-21(22)29(35(6,32)33)17-23(30)28(16-19-11-10-12-20(26)15-19)18(2)24(31)27-25(3,4)5/h8-15,18H,7,16-17H2,1-6H3,(H,27,31). The fourth-order valence-corrected chi connectivity index (χ4v) is 4.72. The molecule has 0 saturated carbocycles. The molecule has 0 aliphatic heterocycles. The number of anilines is 1. The highest BCUT2D eigenvalue weighted by molar-refractivity contribution is 9.10. The molecular weight excluding hydrogens is 534 g/mol. The average molecular weight is 569 g/mol. The minimum atomic E-state index is -3.84. The molecule has 2 aromatic carbocycles. The van der Waals surface area contributed by atoms with Gasteiger partial charge in [0.15, 0.2) is 0 Å². The summed E-state index contributed by atoms with van der Waals surface area (Å²) in [6, 6.07) is 13.2. The molecule has 2 aromatic rings. The molecule has 192 valence electrons. The molecule has 0 aliphatic rings. The van der Waals surface area contributed by atoms with Crippen molar-refractivity contribution in [3.8, 4) is 5.75 Å². The number of carbonyl (C=O) groups excluding carboxylic acids is 2. The summed E-state index contributed by atoms with van der Waals surface area (Å²) in [6.07, 6.45) is 1.04. The van der Waals surface area contributed by atoms with Gasteiger partial charge in [-0.25, -0.2) is 8.42 Å². The zero-order chi connectivity index (χ0) is 26.4. The predicted octanol–water partition coefficient (Wildman–Crippen LogP) is 3.95. The molecule has 0 fully saturated rings. The van der Waals surface area contributed by atoms with E-state index >= 15 is 0 Å². The van der Waals surface area contributed by atoms with Gasteiger partial charge in [-0.2, -0.15) is 0 Å². The van der Waals surface area contributed by atoms with E-state index in [1.165, 1.54) is 4.90 Å². The van der Waals surface area contributed by atoms with Crippen LogP contribution in [0, 0.1) is 0 Å².